The van der Waals surface area contributed by atoms with Crippen molar-refractivity contribution in [3.8, 4) is 0 Å². The third-order valence-corrected chi connectivity index (χ3v) is 7.19. The zero-order valence-electron chi connectivity index (χ0n) is 30.5. The molecule has 0 saturated carbocycles. The van der Waals surface area contributed by atoms with Crippen molar-refractivity contribution in [3.63, 3.8) is 0 Å². The number of carbonyl (C=O) groups excluding carboxylic acids is 3. The van der Waals surface area contributed by atoms with Crippen LogP contribution in [0, 0.1) is 5.92 Å². The maximum atomic E-state index is 12.9. The minimum atomic E-state index is -5.08. The number of unbranched alkanes of at least 4 members (excludes halogenated alkanes) is 11. The van der Waals surface area contributed by atoms with Crippen molar-refractivity contribution in [3.05, 3.63) is 0 Å². The summed E-state index contributed by atoms with van der Waals surface area (Å²) in [6, 6.07) is -3.52. The van der Waals surface area contributed by atoms with Crippen LogP contribution in [0.4, 0.5) is 31.1 Å². The van der Waals surface area contributed by atoms with E-state index >= 15 is 0 Å². The van der Waals surface area contributed by atoms with Gasteiger partial charge in [-0.2, -0.15) is 26.3 Å². The smallest absolute Gasteiger partial charge is 0.480 e. The summed E-state index contributed by atoms with van der Waals surface area (Å²) in [6.07, 6.45) is 4.90. The summed E-state index contributed by atoms with van der Waals surface area (Å²) in [5.74, 6) is -8.21. The van der Waals surface area contributed by atoms with Gasteiger partial charge in [0.15, 0.2) is 0 Å². The number of nitrogens with two attached hydrogens (primary N) is 2. The van der Waals surface area contributed by atoms with Crippen LogP contribution in [-0.4, -0.2) is 101 Å². The van der Waals surface area contributed by atoms with Crippen molar-refractivity contribution >= 4 is 35.8 Å². The molecule has 4 amide bonds. The fraction of sp³-hybridized carbons (Fsp3) is 0.812. The number of nitrogens with one attached hydrogen (secondary N) is 4. The summed E-state index contributed by atoms with van der Waals surface area (Å²) in [4.78, 5) is 67.1. The largest absolute Gasteiger partial charge is 0.490 e. The normalized spacial score (nSPS) is 12.8. The van der Waals surface area contributed by atoms with Crippen molar-refractivity contribution in [2.45, 2.75) is 141 Å². The van der Waals surface area contributed by atoms with Crippen LogP contribution in [0.5, 0.6) is 0 Å². The molecule has 0 fully saturated rings. The van der Waals surface area contributed by atoms with Gasteiger partial charge in [-0.3, -0.25) is 9.59 Å². The molecule has 0 aliphatic rings. The molecular weight excluding hydrogens is 726 g/mol. The lowest BCUT2D eigenvalue weighted by molar-refractivity contribution is -0.193. The number of carbonyl (C=O) groups is 6. The highest BCUT2D eigenvalue weighted by Crippen LogP contribution is 2.14. The lowest BCUT2D eigenvalue weighted by atomic mass is 10.0. The molecule has 0 aromatic rings. The number of urea groups is 1. The van der Waals surface area contributed by atoms with E-state index in [2.05, 4.69) is 28.2 Å². The van der Waals surface area contributed by atoms with Gasteiger partial charge in [0.25, 0.3) is 0 Å². The van der Waals surface area contributed by atoms with Crippen LogP contribution >= 0.6 is 0 Å². The molecule has 0 unspecified atom stereocenters. The Hall–Kier alpha value is -3.88. The Kier molecular flexibility index (Phi) is 30.8. The predicted octanol–water partition coefficient (Wildman–Crippen LogP) is 4.03. The molecule has 0 spiro atoms. The van der Waals surface area contributed by atoms with Crippen LogP contribution in [0.2, 0.25) is 0 Å². The molecule has 0 aliphatic carbocycles. The number of carboxylic acid groups (broad SMARTS) is 3. The highest BCUT2D eigenvalue weighted by molar-refractivity contribution is 5.93. The maximum Gasteiger partial charge on any atom is 0.490 e. The minimum absolute atomic E-state index is 0.0660. The van der Waals surface area contributed by atoms with E-state index in [0.29, 0.717) is 6.54 Å². The van der Waals surface area contributed by atoms with Crippen LogP contribution in [0.1, 0.15) is 111 Å². The lowest BCUT2D eigenvalue weighted by Gasteiger charge is -2.26. The highest BCUT2D eigenvalue weighted by Gasteiger charge is 2.39. The first-order chi connectivity index (χ1) is 24.6. The average molecular weight is 785 g/mol. The van der Waals surface area contributed by atoms with Gasteiger partial charge in [-0.1, -0.05) is 91.4 Å². The van der Waals surface area contributed by atoms with Gasteiger partial charge >= 0.3 is 36.3 Å². The van der Waals surface area contributed by atoms with E-state index in [9.17, 15) is 50.6 Å². The standard InChI is InChI=1S/C28H56N6O5.2C2HF3O2/c1-4-5-6-7-8-9-10-11-12-13-14-15-20-31-28(39)33-22(16-18-29)25(35)34-24(21(2)3)26(36)32-23(17-19-30)27(37)38;2*3-2(4,5)1(6)7/h21-24H,4-20,29-30H2,1-3H3,(H,32,36)(H,34,35)(H,37,38)(H2,31,33,39);2*(H,6,7)/t22-,23-,24-;;/m0../s1. The molecular formula is C32H58F6N6O9. The van der Waals surface area contributed by atoms with Gasteiger partial charge in [0.1, 0.15) is 18.1 Å². The van der Waals surface area contributed by atoms with Crippen molar-refractivity contribution in [2.24, 2.45) is 17.4 Å². The number of aliphatic carboxylic acids is 3. The minimum Gasteiger partial charge on any atom is -0.480 e. The first-order valence-electron chi connectivity index (χ1n) is 17.4. The molecule has 0 bridgehead atoms. The quantitative estimate of drug-likeness (QED) is 0.0498. The van der Waals surface area contributed by atoms with Crippen LogP contribution in [0.25, 0.3) is 0 Å². The average Bonchev–Trinajstić information content (AvgIpc) is 3.04. The van der Waals surface area contributed by atoms with Crippen LogP contribution in [0.15, 0.2) is 0 Å². The SMILES string of the molecule is CCCCCCCCCCCCCCNC(=O)N[C@@H](CCN)C(=O)N[C@H](C(=O)N[C@@H](CCN)C(=O)O)C(C)C.O=C(O)C(F)(F)F.O=C(O)C(F)(F)F. The summed E-state index contributed by atoms with van der Waals surface area (Å²) in [7, 11) is 0. The summed E-state index contributed by atoms with van der Waals surface area (Å²) in [5.41, 5.74) is 11.1. The Morgan fingerprint density at radius 1 is 0.585 bits per heavy atom. The molecule has 11 N–H and O–H groups in total. The summed E-state index contributed by atoms with van der Waals surface area (Å²) < 4.78 is 63.5. The zero-order valence-corrected chi connectivity index (χ0v) is 30.5. The van der Waals surface area contributed by atoms with Crippen molar-refractivity contribution in [1.29, 1.82) is 0 Å². The van der Waals surface area contributed by atoms with Gasteiger partial charge in [0, 0.05) is 6.54 Å². The van der Waals surface area contributed by atoms with Gasteiger partial charge < -0.3 is 48.1 Å². The third kappa shape index (κ3) is 31.4. The van der Waals surface area contributed by atoms with E-state index in [4.69, 9.17) is 31.3 Å². The van der Waals surface area contributed by atoms with Gasteiger partial charge in [-0.25, -0.2) is 19.2 Å². The molecule has 53 heavy (non-hydrogen) atoms. The van der Waals surface area contributed by atoms with Crippen LogP contribution in [0.3, 0.4) is 0 Å². The fourth-order valence-corrected chi connectivity index (χ4v) is 4.29. The van der Waals surface area contributed by atoms with Crippen LogP contribution < -0.4 is 32.7 Å². The second-order valence-electron chi connectivity index (χ2n) is 12.2. The van der Waals surface area contributed by atoms with Gasteiger partial charge in [-0.05, 0) is 38.3 Å². The molecule has 312 valence electrons. The Labute approximate surface area is 305 Å². The monoisotopic (exact) mass is 784 g/mol. The number of hydrogen-bond acceptors (Lipinski definition) is 8. The Morgan fingerprint density at radius 2 is 0.962 bits per heavy atom. The molecule has 0 saturated heterocycles. The molecule has 0 aromatic carbocycles. The van der Waals surface area contributed by atoms with Gasteiger partial charge in [-0.15, -0.1) is 0 Å². The van der Waals surface area contributed by atoms with E-state index in [1.165, 1.54) is 57.8 Å². The Bertz CT molecular complexity index is 1040. The summed E-state index contributed by atoms with van der Waals surface area (Å²) >= 11 is 0. The molecule has 0 heterocycles. The molecule has 15 nitrogen and oxygen atoms in total. The van der Waals surface area contributed by atoms with E-state index in [0.717, 1.165) is 19.3 Å². The second kappa shape index (κ2) is 30.6. The first-order valence-corrected chi connectivity index (χ1v) is 17.4. The van der Waals surface area contributed by atoms with E-state index < -0.39 is 66.2 Å². The Morgan fingerprint density at radius 3 is 1.30 bits per heavy atom. The first kappa shape index (κ1) is 53.5. The lowest BCUT2D eigenvalue weighted by Crippen LogP contribution is -2.58. The third-order valence-electron chi connectivity index (χ3n) is 7.19. The molecule has 0 rings (SSSR count). The summed E-state index contributed by atoms with van der Waals surface area (Å²) in [6.45, 7) is 6.46. The van der Waals surface area contributed by atoms with E-state index in [1.54, 1.807) is 13.8 Å². The molecule has 0 aromatic heterocycles. The summed E-state index contributed by atoms with van der Waals surface area (Å²) in [5, 5.41) is 34.0. The van der Waals surface area contributed by atoms with Gasteiger partial charge in [0.05, 0.1) is 0 Å². The molecule has 0 radical (unpaired) electrons. The second-order valence-corrected chi connectivity index (χ2v) is 12.2. The zero-order chi connectivity index (χ0) is 41.6. The number of halogens is 6. The number of carboxylic acids is 3. The van der Waals surface area contributed by atoms with Crippen molar-refractivity contribution < 1.29 is 70.4 Å². The topological polar surface area (TPSA) is 263 Å². The Balaban J connectivity index is -0.00000149. The number of rotatable bonds is 24. The number of alkyl halides is 6. The number of hydrogen-bond donors (Lipinski definition) is 9. The van der Waals surface area contributed by atoms with Crippen LogP contribution in [-0.2, 0) is 24.0 Å². The van der Waals surface area contributed by atoms with E-state index in [1.807, 2.05) is 0 Å². The maximum absolute atomic E-state index is 12.9. The van der Waals surface area contributed by atoms with Crippen molar-refractivity contribution in [2.75, 3.05) is 19.6 Å². The molecule has 3 atom stereocenters. The van der Waals surface area contributed by atoms with Gasteiger partial charge in [0.2, 0.25) is 11.8 Å². The van der Waals surface area contributed by atoms with Crippen molar-refractivity contribution in [1.82, 2.24) is 21.3 Å². The molecule has 0 aliphatic heterocycles. The fourth-order valence-electron chi connectivity index (χ4n) is 4.29. The highest BCUT2D eigenvalue weighted by atomic mass is 19.4. The molecule has 21 heteroatoms. The predicted molar refractivity (Wildman–Crippen MR) is 182 cm³/mol. The number of amides is 4. The van der Waals surface area contributed by atoms with E-state index in [-0.39, 0.29) is 31.8 Å².